The van der Waals surface area contributed by atoms with Gasteiger partial charge >= 0.3 is 13.2 Å². The smallest absolute Gasteiger partial charge is 0.477 e. The van der Waals surface area contributed by atoms with Gasteiger partial charge < -0.3 is 29.6 Å². The van der Waals surface area contributed by atoms with Gasteiger partial charge in [-0.15, -0.1) is 0 Å². The fourth-order valence-corrected chi connectivity index (χ4v) is 4.30. The molecule has 2 atom stereocenters. The van der Waals surface area contributed by atoms with E-state index in [0.29, 0.717) is 5.56 Å². The molecular formula is C22H24BClFNO6. The van der Waals surface area contributed by atoms with E-state index in [-0.39, 0.29) is 28.3 Å². The summed E-state index contributed by atoms with van der Waals surface area (Å²) in [7, 11) is -1.06. The summed E-state index contributed by atoms with van der Waals surface area (Å²) in [6.45, 7) is 7.10. The number of aliphatic hydroxyl groups excluding tert-OH is 1. The molecule has 3 N–H and O–H groups in total. The summed E-state index contributed by atoms with van der Waals surface area (Å²) in [4.78, 5) is 11.3. The Hall–Kier alpha value is -2.33. The number of aliphatic hydroxyl groups is 1. The van der Waals surface area contributed by atoms with Crippen LogP contribution >= 0.6 is 11.6 Å². The van der Waals surface area contributed by atoms with Crippen LogP contribution in [-0.4, -0.2) is 41.2 Å². The molecule has 170 valence electrons. The van der Waals surface area contributed by atoms with Crippen LogP contribution in [-0.2, 0) is 14.9 Å². The third-order valence-electron chi connectivity index (χ3n) is 6.52. The lowest BCUT2D eigenvalue weighted by molar-refractivity contribution is -0.0307. The Labute approximate surface area is 190 Å². The molecule has 0 radical (unpaired) electrons. The molecule has 2 aliphatic heterocycles. The fraction of sp³-hybridized carbons (Fsp3) is 0.409. The summed E-state index contributed by atoms with van der Waals surface area (Å²) >= 11 is 6.36. The number of rotatable bonds is 4. The van der Waals surface area contributed by atoms with Gasteiger partial charge in [-0.05, 0) is 27.7 Å². The third-order valence-corrected chi connectivity index (χ3v) is 6.90. The highest BCUT2D eigenvalue weighted by Crippen LogP contribution is 2.50. The van der Waals surface area contributed by atoms with E-state index < -0.39 is 41.9 Å². The lowest BCUT2D eigenvalue weighted by Gasteiger charge is -2.32. The zero-order chi connectivity index (χ0) is 23.5. The highest BCUT2D eigenvalue weighted by Gasteiger charge is 2.57. The van der Waals surface area contributed by atoms with Crippen LogP contribution in [0.2, 0.25) is 5.02 Å². The van der Waals surface area contributed by atoms with Crippen LogP contribution in [0.4, 0.5) is 9.18 Å². The van der Waals surface area contributed by atoms with Gasteiger partial charge in [0.1, 0.15) is 17.7 Å². The molecule has 2 aliphatic rings. The predicted molar refractivity (Wildman–Crippen MR) is 117 cm³/mol. The third kappa shape index (κ3) is 3.44. The van der Waals surface area contributed by atoms with Crippen molar-refractivity contribution >= 4 is 30.3 Å². The molecule has 1 fully saturated rings. The van der Waals surface area contributed by atoms with Gasteiger partial charge in [0.2, 0.25) is 0 Å². The van der Waals surface area contributed by atoms with Crippen molar-refractivity contribution in [3.05, 3.63) is 58.4 Å². The van der Waals surface area contributed by atoms with Crippen molar-refractivity contribution in [3.8, 4) is 5.75 Å². The van der Waals surface area contributed by atoms with Crippen LogP contribution in [0, 0.1) is 5.82 Å². The number of hydrogen-bond donors (Lipinski definition) is 3. The largest absolute Gasteiger partial charge is 0.497 e. The summed E-state index contributed by atoms with van der Waals surface area (Å²) in [6.07, 6.45) is -2.68. The molecule has 7 nitrogen and oxygen atoms in total. The standard InChI is InChI=1S/C22H24BClFNO6/c1-20(2)21(3,4)32-23(31-20)16-15-14(10-13(25)17(16)24)30-22(18(15)27,11-26-19(28)29)12-8-6-5-7-9-12/h5-10,18,26-27H,11H2,1-4H3,(H,28,29)/t18-,22+/m0/s1. The summed E-state index contributed by atoms with van der Waals surface area (Å²) in [5.74, 6) is -0.725. The van der Waals surface area contributed by atoms with E-state index in [9.17, 15) is 19.4 Å². The monoisotopic (exact) mass is 463 g/mol. The van der Waals surface area contributed by atoms with E-state index >= 15 is 0 Å². The lowest BCUT2D eigenvalue weighted by atomic mass is 9.72. The second-order valence-corrected chi connectivity index (χ2v) is 9.38. The normalized spacial score (nSPS) is 25.3. The minimum atomic E-state index is -1.54. The van der Waals surface area contributed by atoms with Gasteiger partial charge in [0.15, 0.2) is 5.60 Å². The van der Waals surface area contributed by atoms with Crippen LogP contribution < -0.4 is 15.5 Å². The quantitative estimate of drug-likeness (QED) is 0.602. The van der Waals surface area contributed by atoms with Crippen molar-refractivity contribution in [1.82, 2.24) is 5.32 Å². The molecule has 1 saturated heterocycles. The maximum Gasteiger partial charge on any atom is 0.497 e. The summed E-state index contributed by atoms with van der Waals surface area (Å²) in [6, 6.07) is 9.74. The minimum Gasteiger partial charge on any atom is -0.477 e. The Morgan fingerprint density at radius 2 is 1.78 bits per heavy atom. The second-order valence-electron chi connectivity index (χ2n) is 9.00. The number of fused-ring (bicyclic) bond motifs is 1. The molecule has 2 heterocycles. The summed E-state index contributed by atoms with van der Waals surface area (Å²) in [5.41, 5.74) is -2.17. The molecule has 0 saturated carbocycles. The van der Waals surface area contributed by atoms with Crippen molar-refractivity contribution in [2.45, 2.75) is 50.6 Å². The van der Waals surface area contributed by atoms with Gasteiger partial charge in [-0.2, -0.15) is 0 Å². The molecule has 0 unspecified atom stereocenters. The molecule has 10 heteroatoms. The zero-order valence-corrected chi connectivity index (χ0v) is 18.9. The van der Waals surface area contributed by atoms with Crippen LogP contribution in [0.1, 0.15) is 44.9 Å². The Bertz CT molecular complexity index is 1050. The molecule has 0 aliphatic carbocycles. The Balaban J connectivity index is 1.87. The highest BCUT2D eigenvalue weighted by atomic mass is 35.5. The van der Waals surface area contributed by atoms with E-state index in [1.165, 1.54) is 0 Å². The van der Waals surface area contributed by atoms with Crippen LogP contribution in [0.5, 0.6) is 5.75 Å². The molecule has 0 bridgehead atoms. The first-order chi connectivity index (χ1) is 14.9. The van der Waals surface area contributed by atoms with Crippen molar-refractivity contribution in [2.75, 3.05) is 6.54 Å². The van der Waals surface area contributed by atoms with Crippen LogP contribution in [0.15, 0.2) is 36.4 Å². The van der Waals surface area contributed by atoms with Crippen molar-refractivity contribution in [2.24, 2.45) is 0 Å². The number of ether oxygens (including phenoxy) is 1. The molecule has 1 amide bonds. The fourth-order valence-electron chi connectivity index (χ4n) is 4.06. The number of halogens is 2. The molecule has 4 rings (SSSR count). The van der Waals surface area contributed by atoms with Gasteiger partial charge in [0.05, 0.1) is 22.8 Å². The minimum absolute atomic E-state index is 0.0418. The molecular weight excluding hydrogens is 440 g/mol. The zero-order valence-electron chi connectivity index (χ0n) is 18.1. The van der Waals surface area contributed by atoms with Crippen LogP contribution in [0.3, 0.4) is 0 Å². The number of hydrogen-bond acceptors (Lipinski definition) is 5. The van der Waals surface area contributed by atoms with Gasteiger partial charge in [-0.3, -0.25) is 0 Å². The Morgan fingerprint density at radius 1 is 1.19 bits per heavy atom. The van der Waals surface area contributed by atoms with E-state index in [1.54, 1.807) is 30.3 Å². The first-order valence-corrected chi connectivity index (χ1v) is 10.5. The van der Waals surface area contributed by atoms with Gasteiger partial charge in [-0.1, -0.05) is 41.9 Å². The molecule has 2 aromatic carbocycles. The summed E-state index contributed by atoms with van der Waals surface area (Å²) in [5, 5.41) is 22.8. The molecule has 32 heavy (non-hydrogen) atoms. The predicted octanol–water partition coefficient (Wildman–Crippen LogP) is 3.37. The topological polar surface area (TPSA) is 97.3 Å². The maximum absolute atomic E-state index is 14.9. The molecule has 2 aromatic rings. The number of amides is 1. The molecule has 0 spiro atoms. The molecule has 0 aromatic heterocycles. The van der Waals surface area contributed by atoms with E-state index in [4.69, 9.17) is 25.6 Å². The first kappa shape index (κ1) is 22.9. The Kier molecular flexibility index (Phi) is 5.44. The van der Waals surface area contributed by atoms with Crippen molar-refractivity contribution in [1.29, 1.82) is 0 Å². The van der Waals surface area contributed by atoms with E-state index in [0.717, 1.165) is 6.07 Å². The van der Waals surface area contributed by atoms with Crippen LogP contribution in [0.25, 0.3) is 0 Å². The Morgan fingerprint density at radius 3 is 2.34 bits per heavy atom. The average Bonchev–Trinajstić information content (AvgIpc) is 3.11. The average molecular weight is 464 g/mol. The van der Waals surface area contributed by atoms with E-state index in [1.807, 2.05) is 27.7 Å². The number of benzene rings is 2. The number of carboxylic acid groups (broad SMARTS) is 1. The van der Waals surface area contributed by atoms with Gasteiger partial charge in [0.25, 0.3) is 0 Å². The number of nitrogens with one attached hydrogen (secondary N) is 1. The van der Waals surface area contributed by atoms with E-state index in [2.05, 4.69) is 5.32 Å². The number of carbonyl (C=O) groups is 1. The lowest BCUT2D eigenvalue weighted by Crippen LogP contribution is -2.47. The van der Waals surface area contributed by atoms with Crippen molar-refractivity contribution < 1.29 is 33.4 Å². The maximum atomic E-state index is 14.9. The summed E-state index contributed by atoms with van der Waals surface area (Å²) < 4.78 is 33.1. The first-order valence-electron chi connectivity index (χ1n) is 10.2. The second kappa shape index (κ2) is 7.62. The van der Waals surface area contributed by atoms with Crippen molar-refractivity contribution in [3.63, 3.8) is 0 Å². The van der Waals surface area contributed by atoms with Gasteiger partial charge in [0, 0.05) is 22.7 Å². The highest BCUT2D eigenvalue weighted by molar-refractivity contribution is 6.66. The van der Waals surface area contributed by atoms with Gasteiger partial charge in [-0.25, -0.2) is 9.18 Å². The SMILES string of the molecule is CC1(C)OB(c2c(Cl)c(F)cc3c2[C@H](O)[C@@](CNC(=O)O)(c2ccccc2)O3)OC1(C)C.